The largest absolute Gasteiger partial charge is 0.465 e. The van der Waals surface area contributed by atoms with Crippen LogP contribution in [0.3, 0.4) is 0 Å². The van der Waals surface area contributed by atoms with Gasteiger partial charge in [-0.2, -0.15) is 5.10 Å². The fourth-order valence-electron chi connectivity index (χ4n) is 2.95. The quantitative estimate of drug-likeness (QED) is 0.647. The molecule has 0 aromatic carbocycles. The van der Waals surface area contributed by atoms with Crippen molar-refractivity contribution in [3.8, 4) is 0 Å². The maximum absolute atomic E-state index is 12.7. The zero-order chi connectivity index (χ0) is 19.8. The number of nitrogens with zero attached hydrogens (tertiary/aromatic N) is 2. The van der Waals surface area contributed by atoms with Gasteiger partial charge in [-0.05, 0) is 40.2 Å². The molecule has 2 heterocycles. The zero-order valence-corrected chi connectivity index (χ0v) is 16.0. The SMILES string of the molecule is COC(=O)c1c(C)[nH]c(C(=O)[C@H](C)OC(=O)c2c(C)nn(C)c2C)c1C. The van der Waals surface area contributed by atoms with Gasteiger partial charge in [0.15, 0.2) is 6.10 Å². The van der Waals surface area contributed by atoms with E-state index < -0.39 is 23.8 Å². The third-order valence-electron chi connectivity index (χ3n) is 4.44. The van der Waals surface area contributed by atoms with E-state index in [4.69, 9.17) is 9.47 Å². The van der Waals surface area contributed by atoms with Crippen molar-refractivity contribution in [1.29, 1.82) is 0 Å². The number of aromatic nitrogens is 3. The number of hydrogen-bond acceptors (Lipinski definition) is 6. The smallest absolute Gasteiger partial charge is 0.342 e. The molecular formula is C18H23N3O5. The van der Waals surface area contributed by atoms with Crippen molar-refractivity contribution < 1.29 is 23.9 Å². The van der Waals surface area contributed by atoms with Crippen LogP contribution in [0.1, 0.15) is 60.8 Å². The summed E-state index contributed by atoms with van der Waals surface area (Å²) in [6.45, 7) is 8.28. The van der Waals surface area contributed by atoms with Gasteiger partial charge in [-0.15, -0.1) is 0 Å². The summed E-state index contributed by atoms with van der Waals surface area (Å²) in [4.78, 5) is 39.9. The van der Waals surface area contributed by atoms with Crippen LogP contribution in [-0.4, -0.2) is 45.7 Å². The molecule has 0 aliphatic carbocycles. The average Bonchev–Trinajstić information content (AvgIpc) is 3.01. The highest BCUT2D eigenvalue weighted by Gasteiger charge is 2.29. The number of carbonyl (C=O) groups excluding carboxylic acids is 3. The van der Waals surface area contributed by atoms with E-state index in [0.29, 0.717) is 33.8 Å². The van der Waals surface area contributed by atoms with Gasteiger partial charge < -0.3 is 14.5 Å². The molecule has 8 nitrogen and oxygen atoms in total. The van der Waals surface area contributed by atoms with Crippen molar-refractivity contribution in [1.82, 2.24) is 14.8 Å². The number of H-pyrrole nitrogens is 1. The van der Waals surface area contributed by atoms with Crippen molar-refractivity contribution in [2.24, 2.45) is 7.05 Å². The fraction of sp³-hybridized carbons (Fsp3) is 0.444. The van der Waals surface area contributed by atoms with Crippen molar-refractivity contribution in [2.75, 3.05) is 7.11 Å². The number of Topliss-reactive ketones (excluding diaryl/α,β-unsaturated/α-hetero) is 1. The zero-order valence-electron chi connectivity index (χ0n) is 16.0. The Morgan fingerprint density at radius 2 is 1.69 bits per heavy atom. The topological polar surface area (TPSA) is 103 Å². The van der Waals surface area contributed by atoms with E-state index in [0.717, 1.165) is 0 Å². The molecular weight excluding hydrogens is 338 g/mol. The predicted molar refractivity (Wildman–Crippen MR) is 93.5 cm³/mol. The van der Waals surface area contributed by atoms with E-state index in [1.54, 1.807) is 39.4 Å². The first-order valence-corrected chi connectivity index (χ1v) is 8.13. The Balaban J connectivity index is 2.25. The summed E-state index contributed by atoms with van der Waals surface area (Å²) >= 11 is 0. The first kappa shape index (κ1) is 19.4. The number of ketones is 1. The van der Waals surface area contributed by atoms with Gasteiger partial charge in [-0.3, -0.25) is 9.48 Å². The van der Waals surface area contributed by atoms with Gasteiger partial charge in [-0.1, -0.05) is 0 Å². The second-order valence-electron chi connectivity index (χ2n) is 6.20. The molecule has 0 amide bonds. The molecule has 2 rings (SSSR count). The molecule has 8 heteroatoms. The Kier molecular flexibility index (Phi) is 5.34. The van der Waals surface area contributed by atoms with E-state index in [-0.39, 0.29) is 5.69 Å². The Morgan fingerprint density at radius 3 is 2.19 bits per heavy atom. The molecule has 0 aliphatic rings. The normalized spacial score (nSPS) is 12.0. The molecule has 26 heavy (non-hydrogen) atoms. The molecule has 0 aliphatic heterocycles. The lowest BCUT2D eigenvalue weighted by molar-refractivity contribution is 0.0315. The molecule has 0 bridgehead atoms. The summed E-state index contributed by atoms with van der Waals surface area (Å²) in [7, 11) is 3.01. The van der Waals surface area contributed by atoms with Gasteiger partial charge in [-0.25, -0.2) is 9.59 Å². The number of hydrogen-bond donors (Lipinski definition) is 1. The third kappa shape index (κ3) is 3.26. The van der Waals surface area contributed by atoms with Crippen LogP contribution in [0, 0.1) is 27.7 Å². The van der Waals surface area contributed by atoms with Gasteiger partial charge in [0.1, 0.15) is 5.56 Å². The van der Waals surface area contributed by atoms with Crippen LogP contribution in [0.25, 0.3) is 0 Å². The minimum absolute atomic E-state index is 0.225. The van der Waals surface area contributed by atoms with Gasteiger partial charge in [0.05, 0.1) is 24.1 Å². The highest BCUT2D eigenvalue weighted by molar-refractivity contribution is 6.04. The minimum atomic E-state index is -1.02. The summed E-state index contributed by atoms with van der Waals surface area (Å²) in [5.74, 6) is -1.56. The van der Waals surface area contributed by atoms with E-state index in [1.807, 2.05) is 0 Å². The number of carbonyl (C=O) groups is 3. The number of ether oxygens (including phenoxy) is 2. The minimum Gasteiger partial charge on any atom is -0.465 e. The van der Waals surface area contributed by atoms with Crippen molar-refractivity contribution in [2.45, 2.75) is 40.7 Å². The number of methoxy groups -OCH3 is 1. The molecule has 0 spiro atoms. The molecule has 0 saturated carbocycles. The third-order valence-corrected chi connectivity index (χ3v) is 4.44. The molecule has 0 fully saturated rings. The maximum atomic E-state index is 12.7. The van der Waals surface area contributed by atoms with Crippen LogP contribution < -0.4 is 0 Å². The highest BCUT2D eigenvalue weighted by Crippen LogP contribution is 2.21. The molecule has 140 valence electrons. The van der Waals surface area contributed by atoms with Crippen LogP contribution in [0.5, 0.6) is 0 Å². The van der Waals surface area contributed by atoms with Gasteiger partial charge in [0.2, 0.25) is 5.78 Å². The van der Waals surface area contributed by atoms with Crippen molar-refractivity contribution >= 4 is 17.7 Å². The number of aromatic amines is 1. The monoisotopic (exact) mass is 361 g/mol. The number of esters is 2. The van der Waals surface area contributed by atoms with Crippen molar-refractivity contribution in [3.05, 3.63) is 39.5 Å². The molecule has 0 saturated heterocycles. The van der Waals surface area contributed by atoms with Crippen LogP contribution >= 0.6 is 0 Å². The predicted octanol–water partition coefficient (Wildman–Crippen LogP) is 2.20. The first-order valence-electron chi connectivity index (χ1n) is 8.13. The summed E-state index contributed by atoms with van der Waals surface area (Å²) in [5.41, 5.74) is 3.07. The average molecular weight is 361 g/mol. The fourth-order valence-corrected chi connectivity index (χ4v) is 2.95. The molecule has 2 aromatic heterocycles. The van der Waals surface area contributed by atoms with Gasteiger partial charge >= 0.3 is 11.9 Å². The summed E-state index contributed by atoms with van der Waals surface area (Å²) in [6.07, 6.45) is -1.02. The number of nitrogens with one attached hydrogen (secondary N) is 1. The molecule has 0 unspecified atom stereocenters. The Hall–Kier alpha value is -2.90. The Labute approximate surface area is 151 Å². The summed E-state index contributed by atoms with van der Waals surface area (Å²) in [6, 6.07) is 0. The van der Waals surface area contributed by atoms with Crippen molar-refractivity contribution in [3.63, 3.8) is 0 Å². The number of rotatable bonds is 5. The van der Waals surface area contributed by atoms with Crippen LogP contribution in [0.2, 0.25) is 0 Å². The second kappa shape index (κ2) is 7.15. The van der Waals surface area contributed by atoms with Gasteiger partial charge in [0.25, 0.3) is 0 Å². The summed E-state index contributed by atoms with van der Waals surface area (Å²) in [5, 5.41) is 4.17. The Bertz CT molecular complexity index is 891. The lowest BCUT2D eigenvalue weighted by Gasteiger charge is -2.12. The standard InChI is InChI=1S/C18H23N3O5/c1-8-13(17(23)25-7)9(2)19-15(8)16(22)12(5)26-18(24)14-10(3)20-21(6)11(14)4/h12,19H,1-7H3/t12-/m0/s1. The molecule has 1 atom stereocenters. The van der Waals surface area contributed by atoms with Gasteiger partial charge in [0, 0.05) is 18.4 Å². The molecule has 0 radical (unpaired) electrons. The van der Waals surface area contributed by atoms with E-state index in [9.17, 15) is 14.4 Å². The first-order chi connectivity index (χ1) is 12.1. The molecule has 1 N–H and O–H groups in total. The van der Waals surface area contributed by atoms with E-state index in [2.05, 4.69) is 10.1 Å². The van der Waals surface area contributed by atoms with Crippen LogP contribution in [0.15, 0.2) is 0 Å². The number of aryl methyl sites for hydroxylation is 3. The lowest BCUT2D eigenvalue weighted by atomic mass is 10.1. The van der Waals surface area contributed by atoms with E-state index >= 15 is 0 Å². The molecule has 2 aromatic rings. The highest BCUT2D eigenvalue weighted by atomic mass is 16.5. The summed E-state index contributed by atoms with van der Waals surface area (Å²) < 4.78 is 11.7. The van der Waals surface area contributed by atoms with Crippen LogP contribution in [-0.2, 0) is 16.5 Å². The van der Waals surface area contributed by atoms with Crippen LogP contribution in [0.4, 0.5) is 0 Å². The van der Waals surface area contributed by atoms with E-state index in [1.165, 1.54) is 14.0 Å². The lowest BCUT2D eigenvalue weighted by Crippen LogP contribution is -2.26. The second-order valence-corrected chi connectivity index (χ2v) is 6.20. The maximum Gasteiger partial charge on any atom is 0.342 e. The Morgan fingerprint density at radius 1 is 1.08 bits per heavy atom.